The molecular formula is C15H15F3N2O2S. The Bertz CT molecular complexity index is 734. The Balaban J connectivity index is 2.42. The Hall–Kier alpha value is -1.90. The van der Waals surface area contributed by atoms with Crippen LogP contribution in [0.2, 0.25) is 0 Å². The molecule has 124 valence electrons. The van der Waals surface area contributed by atoms with E-state index in [0.29, 0.717) is 11.1 Å². The third kappa shape index (κ3) is 4.10. The van der Waals surface area contributed by atoms with Gasteiger partial charge in [-0.3, -0.25) is 0 Å². The van der Waals surface area contributed by atoms with E-state index in [0.717, 1.165) is 0 Å². The van der Waals surface area contributed by atoms with Crippen molar-refractivity contribution in [2.75, 3.05) is 0 Å². The molecule has 0 spiro atoms. The Morgan fingerprint density at radius 2 is 1.30 bits per heavy atom. The summed E-state index contributed by atoms with van der Waals surface area (Å²) in [6, 6.07) is 14.0. The normalized spacial score (nSPS) is 15.1. The van der Waals surface area contributed by atoms with Crippen LogP contribution >= 0.6 is 0 Å². The molecule has 4 nitrogen and oxygen atoms in total. The van der Waals surface area contributed by atoms with Crippen molar-refractivity contribution in [2.45, 2.75) is 17.6 Å². The van der Waals surface area contributed by atoms with Crippen molar-refractivity contribution in [1.82, 2.24) is 4.72 Å². The summed E-state index contributed by atoms with van der Waals surface area (Å²) in [6.45, 7) is 0. The summed E-state index contributed by atoms with van der Waals surface area (Å²) in [5, 5.41) is 0. The lowest BCUT2D eigenvalue weighted by molar-refractivity contribution is -0.0451. The molecule has 0 aromatic heterocycles. The van der Waals surface area contributed by atoms with Gasteiger partial charge in [-0.05, 0) is 11.1 Å². The van der Waals surface area contributed by atoms with Gasteiger partial charge >= 0.3 is 15.5 Å². The molecule has 8 heteroatoms. The molecule has 0 saturated heterocycles. The van der Waals surface area contributed by atoms with Crippen LogP contribution < -0.4 is 10.5 Å². The summed E-state index contributed by atoms with van der Waals surface area (Å²) < 4.78 is 62.7. The summed E-state index contributed by atoms with van der Waals surface area (Å²) in [7, 11) is -5.53. The monoisotopic (exact) mass is 344 g/mol. The van der Waals surface area contributed by atoms with Gasteiger partial charge in [0.25, 0.3) is 0 Å². The molecule has 2 aromatic rings. The van der Waals surface area contributed by atoms with Gasteiger partial charge in [0.05, 0.1) is 12.1 Å². The molecule has 2 aromatic carbocycles. The first kappa shape index (κ1) is 17.5. The van der Waals surface area contributed by atoms with Gasteiger partial charge < -0.3 is 5.73 Å². The summed E-state index contributed by atoms with van der Waals surface area (Å²) in [4.78, 5) is 0. The predicted octanol–water partition coefficient (Wildman–Crippen LogP) is 2.87. The molecule has 0 bridgehead atoms. The van der Waals surface area contributed by atoms with E-state index < -0.39 is 27.6 Å². The highest BCUT2D eigenvalue weighted by atomic mass is 32.2. The van der Waals surface area contributed by atoms with E-state index in [1.165, 1.54) is 12.1 Å². The number of hydrogen-bond acceptors (Lipinski definition) is 3. The van der Waals surface area contributed by atoms with Crippen molar-refractivity contribution in [1.29, 1.82) is 0 Å². The first-order valence-electron chi connectivity index (χ1n) is 6.66. The van der Waals surface area contributed by atoms with Crippen molar-refractivity contribution in [2.24, 2.45) is 5.73 Å². The Labute approximate surface area is 132 Å². The van der Waals surface area contributed by atoms with Gasteiger partial charge in [0.15, 0.2) is 0 Å². The molecule has 23 heavy (non-hydrogen) atoms. The summed E-state index contributed by atoms with van der Waals surface area (Å²) in [6.07, 6.45) is 0. The zero-order valence-electron chi connectivity index (χ0n) is 11.9. The molecule has 2 atom stereocenters. The number of benzene rings is 2. The fourth-order valence-electron chi connectivity index (χ4n) is 2.11. The zero-order chi connectivity index (χ0) is 17.1. The molecule has 0 aliphatic rings. The average Bonchev–Trinajstić information content (AvgIpc) is 2.52. The molecule has 0 saturated carbocycles. The van der Waals surface area contributed by atoms with E-state index >= 15 is 0 Å². The molecule has 0 radical (unpaired) electrons. The minimum absolute atomic E-state index is 0.344. The van der Waals surface area contributed by atoms with Crippen LogP contribution in [-0.4, -0.2) is 13.9 Å². The van der Waals surface area contributed by atoms with Crippen LogP contribution in [0.1, 0.15) is 23.2 Å². The molecule has 3 N–H and O–H groups in total. The predicted molar refractivity (Wildman–Crippen MR) is 80.7 cm³/mol. The Kier molecular flexibility index (Phi) is 5.08. The van der Waals surface area contributed by atoms with Crippen LogP contribution in [0.5, 0.6) is 0 Å². The maximum atomic E-state index is 12.7. The number of hydrogen-bond donors (Lipinski definition) is 2. The zero-order valence-corrected chi connectivity index (χ0v) is 12.7. The molecule has 0 heterocycles. The second kappa shape index (κ2) is 6.69. The molecule has 2 unspecified atom stereocenters. The number of halogens is 3. The van der Waals surface area contributed by atoms with Crippen molar-refractivity contribution < 1.29 is 21.6 Å². The number of alkyl halides is 3. The van der Waals surface area contributed by atoms with Gasteiger partial charge in [-0.2, -0.15) is 17.9 Å². The number of nitrogens with one attached hydrogen (secondary N) is 1. The van der Waals surface area contributed by atoms with Crippen LogP contribution in [0, 0.1) is 0 Å². The number of nitrogens with two attached hydrogens (primary N) is 1. The minimum atomic E-state index is -5.53. The fourth-order valence-corrected chi connectivity index (χ4v) is 2.86. The highest BCUT2D eigenvalue weighted by Gasteiger charge is 2.47. The first-order valence-corrected chi connectivity index (χ1v) is 8.15. The topological polar surface area (TPSA) is 72.2 Å². The van der Waals surface area contributed by atoms with Gasteiger partial charge in [-0.15, -0.1) is 0 Å². The maximum absolute atomic E-state index is 12.7. The van der Waals surface area contributed by atoms with Crippen LogP contribution in [0.3, 0.4) is 0 Å². The maximum Gasteiger partial charge on any atom is 0.511 e. The molecular weight excluding hydrogens is 329 g/mol. The average molecular weight is 344 g/mol. The third-order valence-corrected chi connectivity index (χ3v) is 4.46. The second-order valence-corrected chi connectivity index (χ2v) is 6.60. The van der Waals surface area contributed by atoms with Crippen molar-refractivity contribution >= 4 is 10.0 Å². The van der Waals surface area contributed by atoms with Crippen molar-refractivity contribution in [3.05, 3.63) is 71.8 Å². The number of sulfonamides is 1. The van der Waals surface area contributed by atoms with Crippen molar-refractivity contribution in [3.8, 4) is 0 Å². The summed E-state index contributed by atoms with van der Waals surface area (Å²) >= 11 is 0. The van der Waals surface area contributed by atoms with Gasteiger partial charge in [0.1, 0.15) is 0 Å². The third-order valence-electron chi connectivity index (χ3n) is 3.29. The number of rotatable bonds is 5. The highest BCUT2D eigenvalue weighted by Crippen LogP contribution is 2.31. The molecule has 0 aliphatic heterocycles. The molecule has 0 fully saturated rings. The lowest BCUT2D eigenvalue weighted by atomic mass is 9.95. The van der Waals surface area contributed by atoms with Gasteiger partial charge in [0.2, 0.25) is 0 Å². The van der Waals surface area contributed by atoms with E-state index in [1.807, 2.05) is 0 Å². The largest absolute Gasteiger partial charge is 0.511 e. The van der Waals surface area contributed by atoms with Gasteiger partial charge in [0, 0.05) is 0 Å². The van der Waals surface area contributed by atoms with E-state index in [4.69, 9.17) is 5.73 Å². The van der Waals surface area contributed by atoms with E-state index in [9.17, 15) is 21.6 Å². The lowest BCUT2D eigenvalue weighted by Crippen LogP contribution is -2.42. The summed E-state index contributed by atoms with van der Waals surface area (Å²) in [5.74, 6) is 0. The van der Waals surface area contributed by atoms with Crippen molar-refractivity contribution in [3.63, 3.8) is 0 Å². The first-order chi connectivity index (χ1) is 10.7. The van der Waals surface area contributed by atoms with Gasteiger partial charge in [-0.25, -0.2) is 8.42 Å². The van der Waals surface area contributed by atoms with Crippen LogP contribution in [0.15, 0.2) is 60.7 Å². The van der Waals surface area contributed by atoms with Crippen LogP contribution in [0.4, 0.5) is 13.2 Å². The smallest absolute Gasteiger partial charge is 0.322 e. The van der Waals surface area contributed by atoms with Crippen LogP contribution in [-0.2, 0) is 10.0 Å². The SMILES string of the molecule is NC(c1ccccc1)C(NS(=O)(=O)C(F)(F)F)c1ccccc1. The molecule has 2 rings (SSSR count). The molecule has 0 amide bonds. The fraction of sp³-hybridized carbons (Fsp3) is 0.200. The summed E-state index contributed by atoms with van der Waals surface area (Å²) in [5.41, 5.74) is 1.48. The quantitative estimate of drug-likeness (QED) is 0.876. The van der Waals surface area contributed by atoms with E-state index in [-0.39, 0.29) is 0 Å². The standard InChI is InChI=1S/C15H15F3N2O2S/c16-15(17,18)23(21,22)20-14(12-9-5-2-6-10-12)13(19)11-7-3-1-4-8-11/h1-10,13-14,20H,19H2. The van der Waals surface area contributed by atoms with Crippen LogP contribution in [0.25, 0.3) is 0 Å². The lowest BCUT2D eigenvalue weighted by Gasteiger charge is -2.26. The Morgan fingerprint density at radius 3 is 1.74 bits per heavy atom. The minimum Gasteiger partial charge on any atom is -0.322 e. The second-order valence-electron chi connectivity index (χ2n) is 4.89. The van der Waals surface area contributed by atoms with E-state index in [2.05, 4.69) is 0 Å². The highest BCUT2D eigenvalue weighted by molar-refractivity contribution is 7.90. The molecule has 0 aliphatic carbocycles. The Morgan fingerprint density at radius 1 is 0.870 bits per heavy atom. The van der Waals surface area contributed by atoms with Gasteiger partial charge in [-0.1, -0.05) is 60.7 Å². The van der Waals surface area contributed by atoms with E-state index in [1.54, 1.807) is 53.3 Å².